The Kier molecular flexibility index (Phi) is 4.21. The molecule has 1 aliphatic rings. The minimum absolute atomic E-state index is 0.200. The van der Waals surface area contributed by atoms with Crippen LogP contribution in [0.5, 0.6) is 0 Å². The highest BCUT2D eigenvalue weighted by Gasteiger charge is 2.18. The van der Waals surface area contributed by atoms with Crippen LogP contribution in [-0.2, 0) is 4.74 Å². The quantitative estimate of drug-likeness (QED) is 0.776. The molecule has 12 heavy (non-hydrogen) atoms. The van der Waals surface area contributed by atoms with Gasteiger partial charge in [-0.25, -0.2) is 0 Å². The molecule has 0 spiro atoms. The van der Waals surface area contributed by atoms with Gasteiger partial charge < -0.3 is 10.5 Å². The van der Waals surface area contributed by atoms with Gasteiger partial charge in [0.15, 0.2) is 0 Å². The number of halogens is 1. The molecule has 0 aromatic heterocycles. The second-order valence-electron chi connectivity index (χ2n) is 2.98. The normalized spacial score (nSPS) is 25.7. The maximum absolute atomic E-state index is 5.51. The van der Waals surface area contributed by atoms with Crippen molar-refractivity contribution in [3.8, 4) is 0 Å². The van der Waals surface area contributed by atoms with Gasteiger partial charge in [0.05, 0.1) is 12.7 Å². The highest BCUT2D eigenvalue weighted by atomic mass is 79.9. The fourth-order valence-electron chi connectivity index (χ4n) is 1.31. The molecule has 2 N–H and O–H groups in total. The third-order valence-corrected chi connectivity index (χ3v) is 2.13. The van der Waals surface area contributed by atoms with Crippen molar-refractivity contribution in [2.24, 2.45) is 5.73 Å². The fourth-order valence-corrected chi connectivity index (χ4v) is 1.66. The molecule has 0 saturated carbocycles. The predicted molar refractivity (Wildman–Crippen MR) is 53.3 cm³/mol. The molecule has 0 aromatic rings. The summed E-state index contributed by atoms with van der Waals surface area (Å²) < 4.78 is 6.44. The van der Waals surface area contributed by atoms with Crippen molar-refractivity contribution >= 4 is 15.9 Å². The Morgan fingerprint density at radius 2 is 2.50 bits per heavy atom. The topological polar surface area (TPSA) is 38.5 Å². The smallest absolute Gasteiger partial charge is 0.0824 e. The average molecular weight is 235 g/mol. The average Bonchev–Trinajstić information content (AvgIpc) is 2.03. The second kappa shape index (κ2) is 4.97. The van der Waals surface area contributed by atoms with Crippen molar-refractivity contribution in [1.82, 2.24) is 4.90 Å². The lowest BCUT2D eigenvalue weighted by atomic mass is 10.3. The zero-order valence-corrected chi connectivity index (χ0v) is 8.72. The minimum Gasteiger partial charge on any atom is -0.374 e. The van der Waals surface area contributed by atoms with E-state index in [1.165, 1.54) is 0 Å². The van der Waals surface area contributed by atoms with Gasteiger partial charge in [-0.1, -0.05) is 22.5 Å². The van der Waals surface area contributed by atoms with Gasteiger partial charge in [-0.15, -0.1) is 0 Å². The molecule has 1 aliphatic heterocycles. The SMILES string of the molecule is C=C(Br)CN1CCOC(CN)C1. The van der Waals surface area contributed by atoms with Crippen LogP contribution in [-0.4, -0.2) is 43.8 Å². The first-order chi connectivity index (χ1) is 5.72. The summed E-state index contributed by atoms with van der Waals surface area (Å²) in [6, 6.07) is 0. The molecule has 1 fully saturated rings. The molecule has 0 aromatic carbocycles. The van der Waals surface area contributed by atoms with E-state index < -0.39 is 0 Å². The number of ether oxygens (including phenoxy) is 1. The standard InChI is InChI=1S/C8H15BrN2O/c1-7(9)5-11-2-3-12-8(4-10)6-11/h8H,1-6,10H2. The van der Waals surface area contributed by atoms with Crippen LogP contribution in [0.1, 0.15) is 0 Å². The van der Waals surface area contributed by atoms with Gasteiger partial charge >= 0.3 is 0 Å². The molecule has 4 heteroatoms. The molecule has 1 unspecified atom stereocenters. The lowest BCUT2D eigenvalue weighted by molar-refractivity contribution is -0.0192. The van der Waals surface area contributed by atoms with E-state index in [-0.39, 0.29) is 6.10 Å². The molecule has 1 rings (SSSR count). The highest BCUT2D eigenvalue weighted by molar-refractivity contribution is 9.11. The van der Waals surface area contributed by atoms with Crippen LogP contribution >= 0.6 is 15.9 Å². The van der Waals surface area contributed by atoms with Gasteiger partial charge in [0.2, 0.25) is 0 Å². The van der Waals surface area contributed by atoms with Gasteiger partial charge in [0.25, 0.3) is 0 Å². The predicted octanol–water partition coefficient (Wildman–Crippen LogP) is 0.554. The van der Waals surface area contributed by atoms with Crippen LogP contribution in [0.2, 0.25) is 0 Å². The van der Waals surface area contributed by atoms with E-state index in [4.69, 9.17) is 10.5 Å². The van der Waals surface area contributed by atoms with Crippen molar-refractivity contribution in [3.63, 3.8) is 0 Å². The van der Waals surface area contributed by atoms with Gasteiger partial charge in [-0.05, 0) is 0 Å². The van der Waals surface area contributed by atoms with Crippen LogP contribution in [0.3, 0.4) is 0 Å². The van der Waals surface area contributed by atoms with E-state index in [1.807, 2.05) is 0 Å². The van der Waals surface area contributed by atoms with Crippen molar-refractivity contribution in [2.45, 2.75) is 6.10 Å². The number of hydrogen-bond acceptors (Lipinski definition) is 3. The summed E-state index contributed by atoms with van der Waals surface area (Å²) in [6.07, 6.45) is 0.200. The summed E-state index contributed by atoms with van der Waals surface area (Å²) in [5.74, 6) is 0. The number of hydrogen-bond donors (Lipinski definition) is 1. The van der Waals surface area contributed by atoms with E-state index in [0.29, 0.717) is 6.54 Å². The van der Waals surface area contributed by atoms with E-state index in [9.17, 15) is 0 Å². The molecule has 0 radical (unpaired) electrons. The van der Waals surface area contributed by atoms with Gasteiger partial charge in [-0.3, -0.25) is 4.90 Å². The van der Waals surface area contributed by atoms with Crippen molar-refractivity contribution in [3.05, 3.63) is 11.1 Å². The number of rotatable bonds is 3. The molecule has 0 aliphatic carbocycles. The first-order valence-corrected chi connectivity index (χ1v) is 4.89. The number of morpholine rings is 1. The molecule has 1 saturated heterocycles. The Bertz CT molecular complexity index is 163. The summed E-state index contributed by atoms with van der Waals surface area (Å²) in [5.41, 5.74) is 5.51. The molecular weight excluding hydrogens is 220 g/mol. The third-order valence-electron chi connectivity index (χ3n) is 1.88. The zero-order valence-electron chi connectivity index (χ0n) is 7.13. The summed E-state index contributed by atoms with van der Waals surface area (Å²) in [6.45, 7) is 7.97. The highest BCUT2D eigenvalue weighted by Crippen LogP contribution is 2.09. The molecule has 0 bridgehead atoms. The van der Waals surface area contributed by atoms with Gasteiger partial charge in [0.1, 0.15) is 0 Å². The molecule has 70 valence electrons. The van der Waals surface area contributed by atoms with Crippen molar-refractivity contribution in [2.75, 3.05) is 32.8 Å². The Balaban J connectivity index is 2.30. The van der Waals surface area contributed by atoms with Crippen LogP contribution in [0, 0.1) is 0 Å². The summed E-state index contributed by atoms with van der Waals surface area (Å²) in [4.78, 5) is 2.29. The molecule has 0 amide bonds. The Morgan fingerprint density at radius 1 is 1.75 bits per heavy atom. The van der Waals surface area contributed by atoms with Crippen LogP contribution in [0.4, 0.5) is 0 Å². The minimum atomic E-state index is 0.200. The lowest BCUT2D eigenvalue weighted by Gasteiger charge is -2.31. The molecule has 1 atom stereocenters. The summed E-state index contributed by atoms with van der Waals surface area (Å²) in [5, 5.41) is 0. The van der Waals surface area contributed by atoms with Crippen molar-refractivity contribution < 1.29 is 4.74 Å². The third kappa shape index (κ3) is 3.23. The molecular formula is C8H15BrN2O. The van der Waals surface area contributed by atoms with E-state index >= 15 is 0 Å². The second-order valence-corrected chi connectivity index (χ2v) is 4.10. The Labute approximate surface area is 81.7 Å². The van der Waals surface area contributed by atoms with E-state index in [2.05, 4.69) is 27.4 Å². The van der Waals surface area contributed by atoms with Crippen LogP contribution in [0.15, 0.2) is 11.1 Å². The van der Waals surface area contributed by atoms with Crippen LogP contribution in [0.25, 0.3) is 0 Å². The summed E-state index contributed by atoms with van der Waals surface area (Å²) in [7, 11) is 0. The zero-order chi connectivity index (χ0) is 8.97. The number of nitrogens with two attached hydrogens (primary N) is 1. The first-order valence-electron chi connectivity index (χ1n) is 4.09. The van der Waals surface area contributed by atoms with Gasteiger partial charge in [0, 0.05) is 30.7 Å². The summed E-state index contributed by atoms with van der Waals surface area (Å²) >= 11 is 3.34. The molecule has 1 heterocycles. The maximum atomic E-state index is 5.51. The Hall–Kier alpha value is 0.1000. The molecule has 3 nitrogen and oxygen atoms in total. The van der Waals surface area contributed by atoms with Crippen molar-refractivity contribution in [1.29, 1.82) is 0 Å². The lowest BCUT2D eigenvalue weighted by Crippen LogP contribution is -2.45. The maximum Gasteiger partial charge on any atom is 0.0824 e. The Morgan fingerprint density at radius 3 is 3.08 bits per heavy atom. The number of nitrogens with zero attached hydrogens (tertiary/aromatic N) is 1. The first kappa shape index (κ1) is 10.2. The van der Waals surface area contributed by atoms with E-state index in [0.717, 1.165) is 30.7 Å². The fraction of sp³-hybridized carbons (Fsp3) is 0.750. The monoisotopic (exact) mass is 234 g/mol. The van der Waals surface area contributed by atoms with Crippen LogP contribution < -0.4 is 5.73 Å². The van der Waals surface area contributed by atoms with E-state index in [1.54, 1.807) is 0 Å². The van der Waals surface area contributed by atoms with Gasteiger partial charge in [-0.2, -0.15) is 0 Å². The largest absolute Gasteiger partial charge is 0.374 e.